The minimum absolute atomic E-state index is 0.0498. The molecule has 0 aliphatic carbocycles. The Morgan fingerprint density at radius 3 is 2.12 bits per heavy atom. The molecule has 0 spiro atoms. The highest BCUT2D eigenvalue weighted by atomic mass is 16.5. The van der Waals surface area contributed by atoms with Gasteiger partial charge in [-0.05, 0) is 62.7 Å². The van der Waals surface area contributed by atoms with E-state index < -0.39 is 0 Å². The van der Waals surface area contributed by atoms with Crippen molar-refractivity contribution in [1.29, 1.82) is 0 Å². The number of ether oxygens (including phenoxy) is 3. The van der Waals surface area contributed by atoms with Crippen LogP contribution >= 0.6 is 0 Å². The van der Waals surface area contributed by atoms with Crippen LogP contribution in [-0.2, 0) is 14.3 Å². The van der Waals surface area contributed by atoms with E-state index in [1.807, 2.05) is 49.9 Å². The predicted octanol–water partition coefficient (Wildman–Crippen LogP) is 3.49. The fourth-order valence-electron chi connectivity index (χ4n) is 3.92. The van der Waals surface area contributed by atoms with Gasteiger partial charge in [0.1, 0.15) is 17.2 Å². The van der Waals surface area contributed by atoms with Crippen molar-refractivity contribution in [1.82, 2.24) is 4.90 Å². The molecule has 168 valence electrons. The van der Waals surface area contributed by atoms with Crippen LogP contribution in [0.3, 0.4) is 0 Å². The van der Waals surface area contributed by atoms with Crippen molar-refractivity contribution in [3.8, 4) is 11.5 Å². The molecule has 2 heterocycles. The molecule has 0 saturated carbocycles. The van der Waals surface area contributed by atoms with Crippen molar-refractivity contribution >= 4 is 23.1 Å². The third-order valence-corrected chi connectivity index (χ3v) is 5.31. The highest BCUT2D eigenvalue weighted by Crippen LogP contribution is 2.36. The van der Waals surface area contributed by atoms with Gasteiger partial charge in [-0.25, -0.2) is 4.90 Å². The fourth-order valence-corrected chi connectivity index (χ4v) is 3.92. The van der Waals surface area contributed by atoms with E-state index in [2.05, 4.69) is 0 Å². The van der Waals surface area contributed by atoms with E-state index in [0.717, 1.165) is 5.75 Å². The lowest BCUT2D eigenvalue weighted by atomic mass is 10.0. The first kappa shape index (κ1) is 21.9. The van der Waals surface area contributed by atoms with E-state index in [1.54, 1.807) is 24.3 Å². The van der Waals surface area contributed by atoms with Crippen LogP contribution in [-0.4, -0.2) is 55.7 Å². The van der Waals surface area contributed by atoms with Crippen molar-refractivity contribution in [2.45, 2.75) is 26.9 Å². The Balaban J connectivity index is 1.72. The zero-order chi connectivity index (χ0) is 22.7. The van der Waals surface area contributed by atoms with Gasteiger partial charge in [-0.3, -0.25) is 9.59 Å². The minimum atomic E-state index is -0.335. The molecule has 0 bridgehead atoms. The number of morpholine rings is 1. The molecule has 2 aromatic carbocycles. The van der Waals surface area contributed by atoms with E-state index in [1.165, 1.54) is 4.90 Å². The number of amides is 2. The largest absolute Gasteiger partial charge is 0.494 e. The molecule has 0 aromatic heterocycles. The number of imide groups is 1. The van der Waals surface area contributed by atoms with Crippen molar-refractivity contribution in [2.24, 2.45) is 0 Å². The summed E-state index contributed by atoms with van der Waals surface area (Å²) in [5, 5.41) is 0. The molecule has 2 amide bonds. The molecule has 7 heteroatoms. The molecule has 7 nitrogen and oxygen atoms in total. The number of carbonyl (C=O) groups is 2. The maximum absolute atomic E-state index is 13.6. The molecule has 0 unspecified atom stereocenters. The van der Waals surface area contributed by atoms with E-state index in [9.17, 15) is 9.59 Å². The average molecular weight is 437 g/mol. The summed E-state index contributed by atoms with van der Waals surface area (Å²) in [6, 6.07) is 14.3. The van der Waals surface area contributed by atoms with Crippen molar-refractivity contribution in [2.75, 3.05) is 37.8 Å². The first-order valence-corrected chi connectivity index (χ1v) is 10.9. The van der Waals surface area contributed by atoms with Gasteiger partial charge in [0.15, 0.2) is 0 Å². The van der Waals surface area contributed by atoms with E-state index >= 15 is 0 Å². The smallest absolute Gasteiger partial charge is 0.282 e. The topological polar surface area (TPSA) is 68.3 Å². The molecule has 2 aliphatic heterocycles. The molecular weight excluding hydrogens is 408 g/mol. The van der Waals surface area contributed by atoms with Gasteiger partial charge in [0, 0.05) is 13.1 Å². The van der Waals surface area contributed by atoms with Crippen LogP contribution in [0.5, 0.6) is 11.5 Å². The maximum Gasteiger partial charge on any atom is 0.282 e. The lowest BCUT2D eigenvalue weighted by Crippen LogP contribution is -2.40. The molecule has 32 heavy (non-hydrogen) atoms. The highest BCUT2D eigenvalue weighted by Gasteiger charge is 2.42. The number of carbonyl (C=O) groups excluding carboxylic acids is 2. The second-order valence-electron chi connectivity index (χ2n) is 7.89. The van der Waals surface area contributed by atoms with Crippen LogP contribution in [0.4, 0.5) is 5.69 Å². The fraction of sp³-hybridized carbons (Fsp3) is 0.360. The number of nitrogens with zero attached hydrogens (tertiary/aromatic N) is 2. The second-order valence-corrected chi connectivity index (χ2v) is 7.89. The predicted molar refractivity (Wildman–Crippen MR) is 122 cm³/mol. The quantitative estimate of drug-likeness (QED) is 0.619. The average Bonchev–Trinajstić information content (AvgIpc) is 3.05. The van der Waals surface area contributed by atoms with Crippen LogP contribution in [0.1, 0.15) is 26.3 Å². The summed E-state index contributed by atoms with van der Waals surface area (Å²) >= 11 is 0. The normalized spacial score (nSPS) is 16.9. The Morgan fingerprint density at radius 2 is 1.53 bits per heavy atom. The van der Waals surface area contributed by atoms with Gasteiger partial charge in [-0.15, -0.1) is 0 Å². The Kier molecular flexibility index (Phi) is 6.46. The highest BCUT2D eigenvalue weighted by molar-refractivity contribution is 6.45. The summed E-state index contributed by atoms with van der Waals surface area (Å²) in [6.07, 6.45) is 0.0498. The maximum atomic E-state index is 13.6. The standard InChI is InChI=1S/C25H28N2O5/c1-4-31-20-11-7-19(8-12-20)27-24(28)22(18-5-9-21(10-6-18)32-17(2)3)23(25(27)29)26-13-15-30-16-14-26/h5-12,17H,4,13-16H2,1-3H3. The summed E-state index contributed by atoms with van der Waals surface area (Å²) in [5.74, 6) is 0.756. The van der Waals surface area contributed by atoms with Crippen molar-refractivity contribution < 1.29 is 23.8 Å². The molecule has 1 fully saturated rings. The molecule has 2 aliphatic rings. The summed E-state index contributed by atoms with van der Waals surface area (Å²) in [4.78, 5) is 30.3. The van der Waals surface area contributed by atoms with Crippen molar-refractivity contribution in [3.05, 3.63) is 59.8 Å². The van der Waals surface area contributed by atoms with Gasteiger partial charge in [0.25, 0.3) is 11.8 Å². The first-order chi connectivity index (χ1) is 15.5. The number of hydrogen-bond acceptors (Lipinski definition) is 6. The molecule has 4 rings (SSSR count). The van der Waals surface area contributed by atoms with Gasteiger partial charge in [-0.1, -0.05) is 12.1 Å². The third kappa shape index (κ3) is 4.34. The lowest BCUT2D eigenvalue weighted by molar-refractivity contribution is -0.121. The lowest BCUT2D eigenvalue weighted by Gasteiger charge is -2.29. The monoisotopic (exact) mass is 436 g/mol. The third-order valence-electron chi connectivity index (χ3n) is 5.31. The first-order valence-electron chi connectivity index (χ1n) is 10.9. The van der Waals surface area contributed by atoms with Gasteiger partial charge < -0.3 is 19.1 Å². The van der Waals surface area contributed by atoms with E-state index in [-0.39, 0.29) is 17.9 Å². The number of anilines is 1. The van der Waals surface area contributed by atoms with Crippen LogP contribution in [0.25, 0.3) is 5.57 Å². The Morgan fingerprint density at radius 1 is 0.906 bits per heavy atom. The van der Waals surface area contributed by atoms with Crippen LogP contribution in [0, 0.1) is 0 Å². The van der Waals surface area contributed by atoms with Crippen LogP contribution in [0.2, 0.25) is 0 Å². The Bertz CT molecular complexity index is 1010. The van der Waals surface area contributed by atoms with Gasteiger partial charge in [-0.2, -0.15) is 0 Å². The summed E-state index contributed by atoms with van der Waals surface area (Å²) in [6.45, 7) is 8.52. The molecule has 2 aromatic rings. The molecule has 0 atom stereocenters. The van der Waals surface area contributed by atoms with Gasteiger partial charge in [0.2, 0.25) is 0 Å². The number of benzene rings is 2. The summed E-state index contributed by atoms with van der Waals surface area (Å²) < 4.78 is 16.7. The number of rotatable bonds is 7. The van der Waals surface area contributed by atoms with E-state index in [4.69, 9.17) is 14.2 Å². The minimum Gasteiger partial charge on any atom is -0.494 e. The Hall–Kier alpha value is -3.32. The molecule has 0 N–H and O–H groups in total. The Labute approximate surface area is 188 Å². The molecular formula is C25H28N2O5. The summed E-state index contributed by atoms with van der Waals surface area (Å²) in [7, 11) is 0. The zero-order valence-electron chi connectivity index (χ0n) is 18.7. The van der Waals surface area contributed by atoms with Crippen molar-refractivity contribution in [3.63, 3.8) is 0 Å². The van der Waals surface area contributed by atoms with Crippen LogP contribution in [0.15, 0.2) is 54.2 Å². The van der Waals surface area contributed by atoms with Gasteiger partial charge in [0.05, 0.1) is 37.2 Å². The second kappa shape index (κ2) is 9.44. The van der Waals surface area contributed by atoms with E-state index in [0.29, 0.717) is 61.2 Å². The van der Waals surface area contributed by atoms with Crippen LogP contribution < -0.4 is 14.4 Å². The summed E-state index contributed by atoms with van der Waals surface area (Å²) in [5.41, 5.74) is 2.03. The number of hydrogen-bond donors (Lipinski definition) is 0. The van der Waals surface area contributed by atoms with Gasteiger partial charge >= 0.3 is 0 Å². The molecule has 0 radical (unpaired) electrons. The zero-order valence-corrected chi connectivity index (χ0v) is 18.7. The molecule has 1 saturated heterocycles. The SMILES string of the molecule is CCOc1ccc(N2C(=O)C(c3ccc(OC(C)C)cc3)=C(N3CCOCC3)C2=O)cc1.